The molecular formula is C35H28F2N2O5. The number of esters is 1. The van der Waals surface area contributed by atoms with E-state index in [0.29, 0.717) is 44.7 Å². The number of aliphatic hydroxyl groups is 1. The maximum Gasteiger partial charge on any atom is 0.342 e. The molecule has 7 nitrogen and oxygen atoms in total. The molecule has 0 spiro atoms. The van der Waals surface area contributed by atoms with Crippen molar-refractivity contribution in [1.82, 2.24) is 9.97 Å². The summed E-state index contributed by atoms with van der Waals surface area (Å²) in [7, 11) is 4.27. The minimum Gasteiger partial charge on any atom is -0.494 e. The van der Waals surface area contributed by atoms with Gasteiger partial charge in [-0.05, 0) is 36.4 Å². The molecule has 6 aromatic rings. The summed E-state index contributed by atoms with van der Waals surface area (Å²) in [5.41, 5.74) is 4.34. The Kier molecular flexibility index (Phi) is 9.06. The molecule has 1 N–H and O–H groups in total. The SMILES string of the molecule is COC(=O)c1c(OC)c(-c2cccc(F)c2)nc2ccccc12.COc1c(-c2cccc(F)c2)nc2ccccc2c1CO. The van der Waals surface area contributed by atoms with Gasteiger partial charge in [0.2, 0.25) is 0 Å². The van der Waals surface area contributed by atoms with Crippen LogP contribution in [0.15, 0.2) is 97.1 Å². The van der Waals surface area contributed by atoms with Crippen molar-refractivity contribution in [2.24, 2.45) is 0 Å². The summed E-state index contributed by atoms with van der Waals surface area (Å²) >= 11 is 0. The van der Waals surface area contributed by atoms with E-state index >= 15 is 0 Å². The molecule has 0 aliphatic heterocycles. The Hall–Kier alpha value is -5.41. The monoisotopic (exact) mass is 594 g/mol. The van der Waals surface area contributed by atoms with Crippen LogP contribution in [-0.2, 0) is 11.3 Å². The first kappa shape index (κ1) is 30.1. The van der Waals surface area contributed by atoms with E-state index in [-0.39, 0.29) is 29.6 Å². The Morgan fingerprint density at radius 1 is 0.682 bits per heavy atom. The Morgan fingerprint density at radius 2 is 1.18 bits per heavy atom. The molecule has 0 amide bonds. The lowest BCUT2D eigenvalue weighted by Gasteiger charge is -2.14. The Bertz CT molecular complexity index is 1980. The molecule has 0 saturated heterocycles. The molecule has 6 rings (SSSR count). The summed E-state index contributed by atoms with van der Waals surface area (Å²) < 4.78 is 42.8. The molecule has 0 aliphatic carbocycles. The molecule has 0 saturated carbocycles. The van der Waals surface area contributed by atoms with E-state index in [2.05, 4.69) is 9.97 Å². The van der Waals surface area contributed by atoms with Crippen molar-refractivity contribution in [1.29, 1.82) is 0 Å². The van der Waals surface area contributed by atoms with Crippen LogP contribution in [0.25, 0.3) is 44.3 Å². The number of pyridine rings is 2. The van der Waals surface area contributed by atoms with Gasteiger partial charge in [0.05, 0.1) is 39.0 Å². The maximum atomic E-state index is 13.6. The number of aliphatic hydroxyl groups excluding tert-OH is 1. The van der Waals surface area contributed by atoms with Gasteiger partial charge in [0.1, 0.15) is 28.6 Å². The highest BCUT2D eigenvalue weighted by molar-refractivity contribution is 6.08. The summed E-state index contributed by atoms with van der Waals surface area (Å²) in [6.07, 6.45) is 0. The highest BCUT2D eigenvalue weighted by Gasteiger charge is 2.23. The molecule has 0 fully saturated rings. The average Bonchev–Trinajstić information content (AvgIpc) is 3.06. The van der Waals surface area contributed by atoms with Crippen LogP contribution < -0.4 is 9.47 Å². The van der Waals surface area contributed by atoms with Crippen LogP contribution in [0.5, 0.6) is 11.5 Å². The standard InChI is InChI=1S/C18H14FNO3.C17H14FNO2/c1-22-17-15(18(21)23-2)13-8-3-4-9-14(13)20-16(17)11-6-5-7-12(19)10-11;1-21-17-14(10-20)13-7-2-3-8-15(13)19-16(17)11-5-4-6-12(18)9-11/h3-10H,1-2H3;2-9,20H,10H2,1H3. The van der Waals surface area contributed by atoms with E-state index in [1.54, 1.807) is 42.5 Å². The van der Waals surface area contributed by atoms with Crippen molar-refractivity contribution in [3.63, 3.8) is 0 Å². The lowest BCUT2D eigenvalue weighted by atomic mass is 10.0. The number of hydrogen-bond donors (Lipinski definition) is 1. The largest absolute Gasteiger partial charge is 0.494 e. The molecule has 222 valence electrons. The summed E-state index contributed by atoms with van der Waals surface area (Å²) in [6.45, 7) is -0.172. The highest BCUT2D eigenvalue weighted by atomic mass is 19.1. The van der Waals surface area contributed by atoms with Crippen LogP contribution in [0.3, 0.4) is 0 Å². The quantitative estimate of drug-likeness (QED) is 0.201. The van der Waals surface area contributed by atoms with Gasteiger partial charge in [-0.1, -0.05) is 60.7 Å². The Labute approximate surface area is 252 Å². The minimum absolute atomic E-state index is 0.172. The number of halogens is 2. The first-order valence-corrected chi connectivity index (χ1v) is 13.5. The van der Waals surface area contributed by atoms with Crippen LogP contribution in [0, 0.1) is 11.6 Å². The molecule has 0 aliphatic rings. The van der Waals surface area contributed by atoms with Gasteiger partial charge in [-0.3, -0.25) is 0 Å². The molecule has 44 heavy (non-hydrogen) atoms. The second kappa shape index (κ2) is 13.3. The van der Waals surface area contributed by atoms with Crippen molar-refractivity contribution in [2.75, 3.05) is 21.3 Å². The molecule has 0 bridgehead atoms. The van der Waals surface area contributed by atoms with Crippen LogP contribution in [-0.4, -0.2) is 42.4 Å². The fourth-order valence-corrected chi connectivity index (χ4v) is 5.00. The van der Waals surface area contributed by atoms with Gasteiger partial charge in [-0.2, -0.15) is 0 Å². The van der Waals surface area contributed by atoms with Gasteiger partial charge in [0.15, 0.2) is 11.5 Å². The van der Waals surface area contributed by atoms with Gasteiger partial charge in [0, 0.05) is 27.5 Å². The van der Waals surface area contributed by atoms with Crippen LogP contribution in [0.1, 0.15) is 15.9 Å². The average molecular weight is 595 g/mol. The Balaban J connectivity index is 0.000000175. The number of nitrogens with zero attached hydrogens (tertiary/aromatic N) is 2. The number of aromatic nitrogens is 2. The third kappa shape index (κ3) is 5.91. The van der Waals surface area contributed by atoms with Crippen molar-refractivity contribution in [3.05, 3.63) is 120 Å². The number of methoxy groups -OCH3 is 3. The van der Waals surface area contributed by atoms with Gasteiger partial charge in [0.25, 0.3) is 0 Å². The highest BCUT2D eigenvalue weighted by Crippen LogP contribution is 2.38. The summed E-state index contributed by atoms with van der Waals surface area (Å²) in [6, 6.07) is 26.8. The molecule has 4 aromatic carbocycles. The van der Waals surface area contributed by atoms with E-state index < -0.39 is 5.97 Å². The normalized spacial score (nSPS) is 10.7. The van der Waals surface area contributed by atoms with Crippen LogP contribution in [0.2, 0.25) is 0 Å². The van der Waals surface area contributed by atoms with E-state index in [1.165, 1.54) is 45.6 Å². The van der Waals surface area contributed by atoms with Gasteiger partial charge < -0.3 is 19.3 Å². The van der Waals surface area contributed by atoms with Gasteiger partial charge in [-0.25, -0.2) is 23.5 Å². The zero-order chi connectivity index (χ0) is 31.2. The number of carbonyl (C=O) groups is 1. The summed E-state index contributed by atoms with van der Waals surface area (Å²) in [5.74, 6) is -0.518. The smallest absolute Gasteiger partial charge is 0.342 e. The summed E-state index contributed by atoms with van der Waals surface area (Å²) in [4.78, 5) is 21.4. The molecule has 2 heterocycles. The number of benzene rings is 4. The number of hydrogen-bond acceptors (Lipinski definition) is 7. The fraction of sp³-hybridized carbons (Fsp3) is 0.114. The lowest BCUT2D eigenvalue weighted by molar-refractivity contribution is 0.0599. The van der Waals surface area contributed by atoms with E-state index in [0.717, 1.165) is 10.9 Å². The number of ether oxygens (including phenoxy) is 3. The zero-order valence-electron chi connectivity index (χ0n) is 24.2. The van der Waals surface area contributed by atoms with Crippen molar-refractivity contribution >= 4 is 27.8 Å². The molecular weight excluding hydrogens is 566 g/mol. The predicted octanol–water partition coefficient (Wildman–Crippen LogP) is 7.38. The third-order valence-electron chi connectivity index (χ3n) is 6.95. The van der Waals surface area contributed by atoms with Crippen molar-refractivity contribution in [3.8, 4) is 34.0 Å². The molecule has 0 unspecified atom stereocenters. The zero-order valence-corrected chi connectivity index (χ0v) is 24.2. The summed E-state index contributed by atoms with van der Waals surface area (Å²) in [5, 5.41) is 11.1. The number of fused-ring (bicyclic) bond motifs is 2. The topological polar surface area (TPSA) is 90.8 Å². The predicted molar refractivity (Wildman–Crippen MR) is 165 cm³/mol. The first-order valence-electron chi connectivity index (χ1n) is 13.5. The molecule has 2 aromatic heterocycles. The maximum absolute atomic E-state index is 13.6. The molecule has 0 atom stereocenters. The minimum atomic E-state index is -0.530. The number of rotatable bonds is 6. The van der Waals surface area contributed by atoms with Crippen molar-refractivity contribution < 1.29 is 32.9 Å². The van der Waals surface area contributed by atoms with Crippen molar-refractivity contribution in [2.45, 2.75) is 6.61 Å². The van der Waals surface area contributed by atoms with E-state index in [9.17, 15) is 18.7 Å². The molecule has 0 radical (unpaired) electrons. The second-order valence-corrected chi connectivity index (χ2v) is 9.55. The Morgan fingerprint density at radius 3 is 1.68 bits per heavy atom. The van der Waals surface area contributed by atoms with Gasteiger partial charge in [-0.15, -0.1) is 0 Å². The number of para-hydroxylation sites is 2. The molecule has 9 heteroatoms. The van der Waals surface area contributed by atoms with Crippen LogP contribution >= 0.6 is 0 Å². The van der Waals surface area contributed by atoms with E-state index in [4.69, 9.17) is 14.2 Å². The fourth-order valence-electron chi connectivity index (χ4n) is 5.00. The second-order valence-electron chi connectivity index (χ2n) is 9.55. The first-order chi connectivity index (χ1) is 21.4. The van der Waals surface area contributed by atoms with E-state index in [1.807, 2.05) is 30.3 Å². The van der Waals surface area contributed by atoms with Gasteiger partial charge >= 0.3 is 5.97 Å². The third-order valence-corrected chi connectivity index (χ3v) is 6.95. The number of carbonyl (C=O) groups excluding carboxylic acids is 1. The lowest BCUT2D eigenvalue weighted by Crippen LogP contribution is -2.07. The van der Waals surface area contributed by atoms with Crippen LogP contribution in [0.4, 0.5) is 8.78 Å².